The number of nitrogens with zero attached hydrogens (tertiary/aromatic N) is 6. The monoisotopic (exact) mass is 564 g/mol. The van der Waals surface area contributed by atoms with Crippen molar-refractivity contribution in [1.29, 1.82) is 0 Å². The van der Waals surface area contributed by atoms with Crippen LogP contribution < -0.4 is 10.6 Å². The van der Waals surface area contributed by atoms with Crippen molar-refractivity contribution in [2.24, 2.45) is 0 Å². The lowest BCUT2D eigenvalue weighted by molar-refractivity contribution is -0.115. The summed E-state index contributed by atoms with van der Waals surface area (Å²) in [6.45, 7) is 0. The van der Waals surface area contributed by atoms with Crippen LogP contribution in [0.1, 0.15) is 15.9 Å². The number of benzene rings is 2. The van der Waals surface area contributed by atoms with Gasteiger partial charge in [0.1, 0.15) is 17.3 Å². The first kappa shape index (κ1) is 26.1. The van der Waals surface area contributed by atoms with Gasteiger partial charge in [-0.3, -0.25) is 14.9 Å². The molecule has 0 atom stereocenters. The van der Waals surface area contributed by atoms with Gasteiger partial charge in [0, 0.05) is 29.1 Å². The number of carbonyl (C=O) groups excluding carboxylic acids is 3. The molecule has 0 aliphatic carbocycles. The highest BCUT2D eigenvalue weighted by atomic mass is 19.1. The van der Waals surface area contributed by atoms with Gasteiger partial charge in [0.15, 0.2) is 17.6 Å². The zero-order valence-electron chi connectivity index (χ0n) is 21.4. The number of halogens is 2. The fourth-order valence-electron chi connectivity index (χ4n) is 4.23. The highest BCUT2D eigenvalue weighted by Crippen LogP contribution is 2.23. The molecule has 206 valence electrons. The minimum atomic E-state index is -0.581. The predicted molar refractivity (Wildman–Crippen MR) is 147 cm³/mol. The van der Waals surface area contributed by atoms with E-state index in [1.165, 1.54) is 39.6 Å². The Hall–Kier alpha value is -6.11. The van der Waals surface area contributed by atoms with Crippen LogP contribution in [-0.2, 0) is 4.79 Å². The molecular formula is C29H18F2N8O3. The molecular weight excluding hydrogens is 546 g/mol. The molecule has 11 nitrogen and oxygen atoms in total. The van der Waals surface area contributed by atoms with E-state index in [9.17, 15) is 23.2 Å². The maximum Gasteiger partial charge on any atom is 0.326 e. The summed E-state index contributed by atoms with van der Waals surface area (Å²) in [7, 11) is 0. The van der Waals surface area contributed by atoms with E-state index < -0.39 is 11.9 Å². The van der Waals surface area contributed by atoms with Crippen LogP contribution in [0, 0.1) is 11.6 Å². The summed E-state index contributed by atoms with van der Waals surface area (Å²) in [4.78, 5) is 42.3. The van der Waals surface area contributed by atoms with Gasteiger partial charge in [0.2, 0.25) is 0 Å². The lowest BCUT2D eigenvalue weighted by Crippen LogP contribution is -2.22. The highest BCUT2D eigenvalue weighted by Gasteiger charge is 2.23. The number of fused-ring (bicyclic) bond motifs is 2. The number of urea groups is 1. The van der Waals surface area contributed by atoms with E-state index in [4.69, 9.17) is 0 Å². The molecule has 0 bridgehead atoms. The van der Waals surface area contributed by atoms with Gasteiger partial charge in [-0.2, -0.15) is 10.2 Å². The first-order valence-corrected chi connectivity index (χ1v) is 12.4. The second-order valence-electron chi connectivity index (χ2n) is 8.91. The number of carbonyl (C=O) groups is 3. The fourth-order valence-corrected chi connectivity index (χ4v) is 4.23. The lowest BCUT2D eigenvalue weighted by atomic mass is 10.1. The minimum Gasteiger partial charge on any atom is -0.303 e. The SMILES string of the molecule is O=C1NC(=O)/C(=C/c2cnn3ccc(-c4ccccc4F)nc23)N1.O=Cc1cnn2ccc(-c3ccccc3F)nc12. The van der Waals surface area contributed by atoms with Crippen LogP contribution in [0.5, 0.6) is 0 Å². The average molecular weight is 565 g/mol. The molecule has 0 radical (unpaired) electrons. The van der Waals surface area contributed by atoms with Crippen LogP contribution in [-0.4, -0.2) is 47.4 Å². The Labute approximate surface area is 235 Å². The van der Waals surface area contributed by atoms with Gasteiger partial charge in [0.05, 0.1) is 29.3 Å². The molecule has 0 spiro atoms. The number of hydrogen-bond acceptors (Lipinski definition) is 7. The van der Waals surface area contributed by atoms with Gasteiger partial charge in [-0.05, 0) is 42.5 Å². The van der Waals surface area contributed by atoms with Gasteiger partial charge < -0.3 is 5.32 Å². The van der Waals surface area contributed by atoms with E-state index in [1.807, 2.05) is 0 Å². The quantitative estimate of drug-likeness (QED) is 0.187. The molecule has 1 saturated heterocycles. The largest absolute Gasteiger partial charge is 0.326 e. The van der Waals surface area contributed by atoms with E-state index in [0.717, 1.165) is 0 Å². The number of amides is 3. The van der Waals surface area contributed by atoms with E-state index in [1.54, 1.807) is 60.9 Å². The maximum absolute atomic E-state index is 13.9. The highest BCUT2D eigenvalue weighted by molar-refractivity contribution is 6.14. The Bertz CT molecular complexity index is 2050. The molecule has 1 fully saturated rings. The maximum atomic E-state index is 13.9. The summed E-state index contributed by atoms with van der Waals surface area (Å²) in [5.41, 5.74) is 3.57. The van der Waals surface area contributed by atoms with E-state index >= 15 is 0 Å². The summed E-state index contributed by atoms with van der Waals surface area (Å²) in [5, 5.41) is 12.6. The molecule has 2 N–H and O–H groups in total. The number of imide groups is 1. The lowest BCUT2D eigenvalue weighted by Gasteiger charge is -2.03. The van der Waals surface area contributed by atoms with Crippen molar-refractivity contribution in [3.8, 4) is 22.5 Å². The summed E-state index contributed by atoms with van der Waals surface area (Å²) in [6, 6.07) is 15.4. The number of aromatic nitrogens is 6. The van der Waals surface area contributed by atoms with Crippen LogP contribution in [0.3, 0.4) is 0 Å². The molecule has 6 aromatic rings. The summed E-state index contributed by atoms with van der Waals surface area (Å²) < 4.78 is 30.6. The molecule has 5 heterocycles. The van der Waals surface area contributed by atoms with Crippen molar-refractivity contribution in [3.63, 3.8) is 0 Å². The number of hydrogen-bond donors (Lipinski definition) is 2. The topological polar surface area (TPSA) is 136 Å². The van der Waals surface area contributed by atoms with Gasteiger partial charge in [0.25, 0.3) is 5.91 Å². The third-order valence-electron chi connectivity index (χ3n) is 6.24. The van der Waals surface area contributed by atoms with Crippen molar-refractivity contribution in [2.75, 3.05) is 0 Å². The Morgan fingerprint density at radius 1 is 0.690 bits per heavy atom. The fraction of sp³-hybridized carbons (Fsp3) is 0. The molecule has 3 amide bonds. The summed E-state index contributed by atoms with van der Waals surface area (Å²) >= 11 is 0. The van der Waals surface area contributed by atoms with Crippen molar-refractivity contribution in [3.05, 3.63) is 114 Å². The molecule has 1 aliphatic rings. The number of rotatable bonds is 4. The van der Waals surface area contributed by atoms with E-state index in [2.05, 4.69) is 30.8 Å². The van der Waals surface area contributed by atoms with Crippen molar-refractivity contribution >= 4 is 35.6 Å². The molecule has 2 aromatic carbocycles. The third-order valence-corrected chi connectivity index (χ3v) is 6.24. The predicted octanol–water partition coefficient (Wildman–Crippen LogP) is 4.06. The summed E-state index contributed by atoms with van der Waals surface area (Å²) in [6.07, 6.45) is 8.40. The standard InChI is InChI=1S/C16H10FN5O2.C13H8FN3O/c17-11-4-2-1-3-10(11)12-5-6-22-14(19-12)9(8-18-22)7-13-15(23)21-16(24)20-13;14-11-4-2-1-3-10(11)12-5-6-17-13(16-12)9(8-18)7-15-17/h1-8H,(H2,20,21,23,24);1-8H/b13-7-;. The van der Waals surface area contributed by atoms with Crippen LogP contribution in [0.2, 0.25) is 0 Å². The minimum absolute atomic E-state index is 0.105. The van der Waals surface area contributed by atoms with E-state index in [0.29, 0.717) is 51.2 Å². The van der Waals surface area contributed by atoms with Crippen LogP contribution >= 0.6 is 0 Å². The van der Waals surface area contributed by atoms with Gasteiger partial charge >= 0.3 is 6.03 Å². The smallest absolute Gasteiger partial charge is 0.303 e. The summed E-state index contributed by atoms with van der Waals surface area (Å²) in [5.74, 6) is -1.25. The Morgan fingerprint density at radius 2 is 1.21 bits per heavy atom. The van der Waals surface area contributed by atoms with Gasteiger partial charge in [-0.15, -0.1) is 0 Å². The van der Waals surface area contributed by atoms with Crippen molar-refractivity contribution in [2.45, 2.75) is 0 Å². The Morgan fingerprint density at radius 3 is 1.71 bits per heavy atom. The normalized spacial score (nSPS) is 13.6. The van der Waals surface area contributed by atoms with Crippen LogP contribution in [0.25, 0.3) is 39.9 Å². The number of nitrogens with one attached hydrogen (secondary N) is 2. The van der Waals surface area contributed by atoms with Gasteiger partial charge in [-0.25, -0.2) is 32.6 Å². The molecule has 0 saturated carbocycles. The molecule has 7 rings (SSSR count). The number of aldehydes is 1. The second-order valence-corrected chi connectivity index (χ2v) is 8.91. The molecule has 4 aromatic heterocycles. The molecule has 42 heavy (non-hydrogen) atoms. The second kappa shape index (κ2) is 10.8. The zero-order chi connectivity index (χ0) is 29.2. The van der Waals surface area contributed by atoms with Crippen LogP contribution in [0.4, 0.5) is 13.6 Å². The average Bonchev–Trinajstić information content (AvgIpc) is 3.69. The Kier molecular flexibility index (Phi) is 6.72. The third kappa shape index (κ3) is 4.97. The first-order valence-electron chi connectivity index (χ1n) is 12.4. The molecule has 1 aliphatic heterocycles. The Balaban J connectivity index is 0.000000157. The van der Waals surface area contributed by atoms with Crippen molar-refractivity contribution in [1.82, 2.24) is 39.8 Å². The van der Waals surface area contributed by atoms with Crippen molar-refractivity contribution < 1.29 is 23.2 Å². The van der Waals surface area contributed by atoms with Crippen LogP contribution in [0.15, 0.2) is 91.1 Å². The molecule has 13 heteroatoms. The zero-order valence-corrected chi connectivity index (χ0v) is 21.4. The molecule has 0 unspecified atom stereocenters. The van der Waals surface area contributed by atoms with E-state index in [-0.39, 0.29) is 17.3 Å². The first-order chi connectivity index (χ1) is 20.4. The van der Waals surface area contributed by atoms with Gasteiger partial charge in [-0.1, -0.05) is 24.3 Å².